The normalized spacial score (nSPS) is 44.1. The summed E-state index contributed by atoms with van der Waals surface area (Å²) in [5.41, 5.74) is -0.555. The molecule has 0 aliphatic carbocycles. The Morgan fingerprint density at radius 3 is 3.00 bits per heavy atom. The number of rotatable bonds is 2. The van der Waals surface area contributed by atoms with Crippen LogP contribution in [-0.4, -0.2) is 36.5 Å². The highest BCUT2D eigenvalue weighted by atomic mass is 35.5. The molecule has 2 heterocycles. The summed E-state index contributed by atoms with van der Waals surface area (Å²) >= 11 is 6.10. The van der Waals surface area contributed by atoms with Crippen LogP contribution in [0.25, 0.3) is 0 Å². The number of ether oxygens (including phenoxy) is 3. The summed E-state index contributed by atoms with van der Waals surface area (Å²) in [5, 5.41) is -1.26. The lowest BCUT2D eigenvalue weighted by atomic mass is 9.90. The second-order valence-corrected chi connectivity index (χ2v) is 4.57. The first-order chi connectivity index (χ1) is 7.08. The Labute approximate surface area is 93.8 Å². The zero-order chi connectivity index (χ0) is 11.1. The molecule has 0 bridgehead atoms. The van der Waals surface area contributed by atoms with Crippen LogP contribution in [0.1, 0.15) is 26.2 Å². The van der Waals surface area contributed by atoms with E-state index in [1.54, 1.807) is 0 Å². The first kappa shape index (κ1) is 11.2. The van der Waals surface area contributed by atoms with E-state index in [2.05, 4.69) is 4.74 Å². The van der Waals surface area contributed by atoms with Gasteiger partial charge in [-0.15, -0.1) is 0 Å². The highest BCUT2D eigenvalue weighted by molar-refractivity contribution is 6.36. The van der Waals surface area contributed by atoms with Gasteiger partial charge in [0.2, 0.25) is 0 Å². The zero-order valence-corrected chi connectivity index (χ0v) is 9.67. The SMILES string of the molecule is CCC1CC2(CCO1)OC2(Cl)C(=O)OC. The number of alkyl halides is 1. The molecule has 0 aromatic rings. The Balaban J connectivity index is 2.08. The Morgan fingerprint density at radius 2 is 2.40 bits per heavy atom. The van der Waals surface area contributed by atoms with Crippen molar-refractivity contribution in [3.05, 3.63) is 0 Å². The van der Waals surface area contributed by atoms with Gasteiger partial charge in [-0.2, -0.15) is 0 Å². The zero-order valence-electron chi connectivity index (χ0n) is 8.92. The van der Waals surface area contributed by atoms with Gasteiger partial charge >= 0.3 is 5.97 Å². The molecular weight excluding hydrogens is 220 g/mol. The monoisotopic (exact) mass is 234 g/mol. The molecule has 86 valence electrons. The lowest BCUT2D eigenvalue weighted by Gasteiger charge is -2.27. The number of carbonyl (C=O) groups excluding carboxylic acids is 1. The maximum atomic E-state index is 11.4. The van der Waals surface area contributed by atoms with Crippen LogP contribution in [0.4, 0.5) is 0 Å². The van der Waals surface area contributed by atoms with E-state index in [0.717, 1.165) is 6.42 Å². The van der Waals surface area contributed by atoms with Crippen molar-refractivity contribution >= 4 is 17.6 Å². The van der Waals surface area contributed by atoms with Gasteiger partial charge < -0.3 is 14.2 Å². The predicted octanol–water partition coefficient (Wildman–Crippen LogP) is 1.45. The number of hydrogen-bond acceptors (Lipinski definition) is 4. The van der Waals surface area contributed by atoms with E-state index in [9.17, 15) is 4.79 Å². The molecule has 0 saturated carbocycles. The summed E-state index contributed by atoms with van der Waals surface area (Å²) in [4.78, 5) is 11.4. The van der Waals surface area contributed by atoms with Crippen LogP contribution in [0, 0.1) is 0 Å². The van der Waals surface area contributed by atoms with Crippen molar-refractivity contribution in [1.29, 1.82) is 0 Å². The van der Waals surface area contributed by atoms with Crippen molar-refractivity contribution in [3.63, 3.8) is 0 Å². The summed E-state index contributed by atoms with van der Waals surface area (Å²) in [5.74, 6) is -0.499. The van der Waals surface area contributed by atoms with Gasteiger partial charge in [0.05, 0.1) is 13.2 Å². The summed E-state index contributed by atoms with van der Waals surface area (Å²) in [6, 6.07) is 0. The molecule has 3 atom stereocenters. The van der Waals surface area contributed by atoms with E-state index in [1.807, 2.05) is 6.92 Å². The van der Waals surface area contributed by atoms with Gasteiger partial charge in [-0.25, -0.2) is 4.79 Å². The fourth-order valence-corrected chi connectivity index (χ4v) is 2.57. The molecule has 1 spiro atoms. The van der Waals surface area contributed by atoms with E-state index >= 15 is 0 Å². The molecule has 15 heavy (non-hydrogen) atoms. The molecule has 0 amide bonds. The number of methoxy groups -OCH3 is 1. The minimum atomic E-state index is -1.26. The van der Waals surface area contributed by atoms with Crippen LogP contribution >= 0.6 is 11.6 Å². The van der Waals surface area contributed by atoms with Gasteiger partial charge in [0.15, 0.2) is 0 Å². The Bertz CT molecular complexity index is 283. The molecule has 2 fully saturated rings. The molecule has 0 radical (unpaired) electrons. The Hall–Kier alpha value is -0.320. The van der Waals surface area contributed by atoms with Gasteiger partial charge in [-0.3, -0.25) is 0 Å². The van der Waals surface area contributed by atoms with Crippen LogP contribution in [0.3, 0.4) is 0 Å². The molecule has 0 aromatic heterocycles. The topological polar surface area (TPSA) is 48.1 Å². The molecule has 2 aliphatic heterocycles. The van der Waals surface area contributed by atoms with Crippen LogP contribution in [0.5, 0.6) is 0 Å². The van der Waals surface area contributed by atoms with E-state index < -0.39 is 16.6 Å². The number of esters is 1. The summed E-state index contributed by atoms with van der Waals surface area (Å²) in [7, 11) is 1.32. The van der Waals surface area contributed by atoms with Crippen molar-refractivity contribution in [2.24, 2.45) is 0 Å². The van der Waals surface area contributed by atoms with Crippen molar-refractivity contribution in [2.45, 2.75) is 43.0 Å². The van der Waals surface area contributed by atoms with Crippen molar-refractivity contribution in [2.75, 3.05) is 13.7 Å². The second kappa shape index (κ2) is 3.61. The molecule has 2 rings (SSSR count). The van der Waals surface area contributed by atoms with Crippen LogP contribution < -0.4 is 0 Å². The van der Waals surface area contributed by atoms with Gasteiger partial charge in [0, 0.05) is 19.4 Å². The lowest BCUT2D eigenvalue weighted by Crippen LogP contribution is -2.38. The van der Waals surface area contributed by atoms with E-state index in [1.165, 1.54) is 7.11 Å². The largest absolute Gasteiger partial charge is 0.466 e. The summed E-state index contributed by atoms with van der Waals surface area (Å²) in [6.45, 7) is 2.63. The van der Waals surface area contributed by atoms with Crippen LogP contribution in [-0.2, 0) is 19.0 Å². The van der Waals surface area contributed by atoms with Crippen molar-refractivity contribution in [1.82, 2.24) is 0 Å². The molecule has 0 aromatic carbocycles. The molecule has 5 heteroatoms. The quantitative estimate of drug-likeness (QED) is 0.412. The van der Waals surface area contributed by atoms with Crippen molar-refractivity contribution < 1.29 is 19.0 Å². The van der Waals surface area contributed by atoms with Gasteiger partial charge in [-0.1, -0.05) is 18.5 Å². The highest BCUT2D eigenvalue weighted by Gasteiger charge is 2.75. The van der Waals surface area contributed by atoms with E-state index in [4.69, 9.17) is 21.1 Å². The Morgan fingerprint density at radius 1 is 1.67 bits per heavy atom. The first-order valence-electron chi connectivity index (χ1n) is 5.17. The third kappa shape index (κ3) is 1.55. The van der Waals surface area contributed by atoms with E-state index in [0.29, 0.717) is 19.4 Å². The summed E-state index contributed by atoms with van der Waals surface area (Å²) in [6.07, 6.45) is 2.35. The number of halogens is 1. The maximum Gasteiger partial charge on any atom is 0.357 e. The molecule has 2 saturated heterocycles. The van der Waals surface area contributed by atoms with Gasteiger partial charge in [0.25, 0.3) is 5.06 Å². The molecule has 4 nitrogen and oxygen atoms in total. The van der Waals surface area contributed by atoms with E-state index in [-0.39, 0.29) is 6.10 Å². The predicted molar refractivity (Wildman–Crippen MR) is 53.7 cm³/mol. The fourth-order valence-electron chi connectivity index (χ4n) is 2.17. The number of epoxide rings is 1. The number of hydrogen-bond donors (Lipinski definition) is 0. The third-order valence-electron chi connectivity index (χ3n) is 3.20. The maximum absolute atomic E-state index is 11.4. The highest BCUT2D eigenvalue weighted by Crippen LogP contribution is 2.58. The smallest absolute Gasteiger partial charge is 0.357 e. The minimum Gasteiger partial charge on any atom is -0.466 e. The average molecular weight is 235 g/mol. The average Bonchev–Trinajstić information content (AvgIpc) is 2.83. The van der Waals surface area contributed by atoms with Gasteiger partial charge in [0.1, 0.15) is 5.60 Å². The minimum absolute atomic E-state index is 0.129. The molecule has 2 aliphatic rings. The lowest BCUT2D eigenvalue weighted by molar-refractivity contribution is -0.143. The first-order valence-corrected chi connectivity index (χ1v) is 5.55. The molecule has 3 unspecified atom stereocenters. The van der Waals surface area contributed by atoms with Crippen molar-refractivity contribution in [3.8, 4) is 0 Å². The Kier molecular flexibility index (Phi) is 2.69. The molecule has 0 N–H and O–H groups in total. The summed E-state index contributed by atoms with van der Waals surface area (Å²) < 4.78 is 15.6. The van der Waals surface area contributed by atoms with Crippen LogP contribution in [0.2, 0.25) is 0 Å². The number of carbonyl (C=O) groups is 1. The second-order valence-electron chi connectivity index (χ2n) is 4.04. The third-order valence-corrected chi connectivity index (χ3v) is 3.78. The molecular formula is C10H15ClO4. The standard InChI is InChI=1S/C10H15ClO4/c1-3-7-6-9(4-5-14-7)10(11,15-9)8(12)13-2/h7H,3-6H2,1-2H3. The van der Waals surface area contributed by atoms with Crippen LogP contribution in [0.15, 0.2) is 0 Å². The van der Waals surface area contributed by atoms with Gasteiger partial charge in [-0.05, 0) is 6.42 Å². The fraction of sp³-hybridized carbons (Fsp3) is 0.900.